The summed E-state index contributed by atoms with van der Waals surface area (Å²) in [6, 6.07) is 0. The van der Waals surface area contributed by atoms with Crippen molar-refractivity contribution in [2.75, 3.05) is 6.54 Å². The Labute approximate surface area is 105 Å². The van der Waals surface area contributed by atoms with Crippen molar-refractivity contribution in [3.8, 4) is 0 Å². The molecular weight excluding hydrogens is 210 g/mol. The number of hydrogen-bond donors (Lipinski definition) is 0. The van der Waals surface area contributed by atoms with Crippen LogP contribution in [0.2, 0.25) is 0 Å². The highest BCUT2D eigenvalue weighted by molar-refractivity contribution is 5.87. The van der Waals surface area contributed by atoms with Gasteiger partial charge >= 0.3 is 0 Å². The van der Waals surface area contributed by atoms with Crippen LogP contribution in [0.5, 0.6) is 0 Å². The Balaban J connectivity index is 2.16. The molecule has 2 atom stereocenters. The fourth-order valence-corrected chi connectivity index (χ4v) is 3.82. The van der Waals surface area contributed by atoms with Crippen LogP contribution in [0.15, 0.2) is 12.7 Å². The molecule has 1 heterocycles. The normalized spacial score (nSPS) is 33.4. The lowest BCUT2D eigenvalue weighted by atomic mass is 9.70. The SMILES string of the molecule is C=CC(=O)N1CCCC12CCCC(C(C)C)C2. The van der Waals surface area contributed by atoms with E-state index in [1.807, 2.05) is 0 Å². The summed E-state index contributed by atoms with van der Waals surface area (Å²) in [4.78, 5) is 14.1. The van der Waals surface area contributed by atoms with E-state index in [1.165, 1.54) is 44.6 Å². The Bertz CT molecular complexity index is 310. The lowest BCUT2D eigenvalue weighted by molar-refractivity contribution is -0.131. The molecule has 1 amide bonds. The van der Waals surface area contributed by atoms with Gasteiger partial charge in [-0.15, -0.1) is 0 Å². The van der Waals surface area contributed by atoms with Gasteiger partial charge in [0.2, 0.25) is 5.91 Å². The van der Waals surface area contributed by atoms with Gasteiger partial charge in [-0.3, -0.25) is 4.79 Å². The first kappa shape index (κ1) is 12.7. The van der Waals surface area contributed by atoms with Crippen LogP contribution in [0, 0.1) is 11.8 Å². The van der Waals surface area contributed by atoms with E-state index in [0.29, 0.717) is 0 Å². The lowest BCUT2D eigenvalue weighted by Crippen LogP contribution is -2.50. The van der Waals surface area contributed by atoms with Gasteiger partial charge in [-0.05, 0) is 43.6 Å². The summed E-state index contributed by atoms with van der Waals surface area (Å²) >= 11 is 0. The van der Waals surface area contributed by atoms with E-state index in [-0.39, 0.29) is 11.4 Å². The van der Waals surface area contributed by atoms with Gasteiger partial charge in [0, 0.05) is 12.1 Å². The summed E-state index contributed by atoms with van der Waals surface area (Å²) in [7, 11) is 0. The van der Waals surface area contributed by atoms with Crippen molar-refractivity contribution in [1.82, 2.24) is 4.90 Å². The van der Waals surface area contributed by atoms with Crippen LogP contribution in [0.1, 0.15) is 52.4 Å². The minimum atomic E-state index is 0.145. The van der Waals surface area contributed by atoms with Crippen LogP contribution in [0.4, 0.5) is 0 Å². The number of hydrogen-bond acceptors (Lipinski definition) is 1. The minimum absolute atomic E-state index is 0.145. The molecule has 0 aromatic carbocycles. The van der Waals surface area contributed by atoms with Gasteiger partial charge in [0.1, 0.15) is 0 Å². The van der Waals surface area contributed by atoms with E-state index >= 15 is 0 Å². The van der Waals surface area contributed by atoms with Crippen LogP contribution < -0.4 is 0 Å². The molecule has 96 valence electrons. The van der Waals surface area contributed by atoms with Crippen LogP contribution in [0.25, 0.3) is 0 Å². The first-order valence-corrected chi connectivity index (χ1v) is 7.03. The predicted octanol–water partition coefficient (Wildman–Crippen LogP) is 3.38. The Morgan fingerprint density at radius 2 is 2.12 bits per heavy atom. The van der Waals surface area contributed by atoms with Crippen LogP contribution in [-0.4, -0.2) is 22.9 Å². The standard InChI is InChI=1S/C15H25NO/c1-4-14(17)16-10-6-9-15(16)8-5-7-13(11-15)12(2)3/h4,12-13H,1,5-11H2,2-3H3. The van der Waals surface area contributed by atoms with Crippen molar-refractivity contribution >= 4 is 5.91 Å². The van der Waals surface area contributed by atoms with Crippen molar-refractivity contribution in [2.24, 2.45) is 11.8 Å². The third kappa shape index (κ3) is 2.27. The summed E-state index contributed by atoms with van der Waals surface area (Å²) in [5.74, 6) is 1.68. The zero-order chi connectivity index (χ0) is 12.5. The molecule has 0 N–H and O–H groups in total. The molecule has 2 heteroatoms. The van der Waals surface area contributed by atoms with Crippen LogP contribution >= 0.6 is 0 Å². The highest BCUT2D eigenvalue weighted by Crippen LogP contribution is 2.45. The van der Waals surface area contributed by atoms with Crippen molar-refractivity contribution in [2.45, 2.75) is 57.9 Å². The van der Waals surface area contributed by atoms with Crippen molar-refractivity contribution in [3.63, 3.8) is 0 Å². The Kier molecular flexibility index (Phi) is 3.60. The van der Waals surface area contributed by atoms with E-state index in [0.717, 1.165) is 18.4 Å². The highest BCUT2D eigenvalue weighted by atomic mass is 16.2. The molecule has 1 aliphatic heterocycles. The first-order chi connectivity index (χ1) is 8.09. The zero-order valence-corrected chi connectivity index (χ0v) is 11.2. The van der Waals surface area contributed by atoms with Gasteiger partial charge in [-0.25, -0.2) is 0 Å². The monoisotopic (exact) mass is 235 g/mol. The third-order valence-corrected chi connectivity index (χ3v) is 4.84. The molecule has 2 rings (SSSR count). The van der Waals surface area contributed by atoms with Gasteiger partial charge in [-0.1, -0.05) is 33.3 Å². The molecule has 1 spiro atoms. The number of carbonyl (C=O) groups excluding carboxylic acids is 1. The van der Waals surface area contributed by atoms with E-state index in [1.54, 1.807) is 0 Å². The molecule has 0 aromatic heterocycles. The number of nitrogens with zero attached hydrogens (tertiary/aromatic N) is 1. The maximum Gasteiger partial charge on any atom is 0.246 e. The second kappa shape index (κ2) is 4.83. The fraction of sp³-hybridized carbons (Fsp3) is 0.800. The largest absolute Gasteiger partial charge is 0.333 e. The lowest BCUT2D eigenvalue weighted by Gasteiger charge is -2.45. The van der Waals surface area contributed by atoms with Gasteiger partial charge in [0.25, 0.3) is 0 Å². The van der Waals surface area contributed by atoms with Gasteiger partial charge in [-0.2, -0.15) is 0 Å². The molecule has 2 unspecified atom stereocenters. The molecule has 0 bridgehead atoms. The molecule has 1 saturated heterocycles. The number of carbonyl (C=O) groups is 1. The quantitative estimate of drug-likeness (QED) is 0.672. The van der Waals surface area contributed by atoms with E-state index in [9.17, 15) is 4.79 Å². The van der Waals surface area contributed by atoms with Gasteiger partial charge in [0.05, 0.1) is 0 Å². The van der Waals surface area contributed by atoms with Crippen LogP contribution in [-0.2, 0) is 4.79 Å². The Hall–Kier alpha value is -0.790. The van der Waals surface area contributed by atoms with Gasteiger partial charge < -0.3 is 4.90 Å². The van der Waals surface area contributed by atoms with Crippen molar-refractivity contribution in [1.29, 1.82) is 0 Å². The maximum atomic E-state index is 12.0. The molecule has 2 fully saturated rings. The summed E-state index contributed by atoms with van der Waals surface area (Å²) in [6.45, 7) is 9.22. The van der Waals surface area contributed by atoms with E-state index in [4.69, 9.17) is 0 Å². The number of likely N-dealkylation sites (tertiary alicyclic amines) is 1. The minimum Gasteiger partial charge on any atom is -0.333 e. The highest BCUT2D eigenvalue weighted by Gasteiger charge is 2.46. The molecule has 1 aliphatic carbocycles. The molecule has 2 aliphatic rings. The number of amides is 1. The predicted molar refractivity (Wildman–Crippen MR) is 70.7 cm³/mol. The van der Waals surface area contributed by atoms with E-state index < -0.39 is 0 Å². The molecule has 2 nitrogen and oxygen atoms in total. The summed E-state index contributed by atoms with van der Waals surface area (Å²) < 4.78 is 0. The maximum absolute atomic E-state index is 12.0. The average Bonchev–Trinajstić information content (AvgIpc) is 2.71. The molecule has 17 heavy (non-hydrogen) atoms. The molecular formula is C15H25NO. The second-order valence-electron chi connectivity index (χ2n) is 6.12. The Morgan fingerprint density at radius 3 is 2.76 bits per heavy atom. The van der Waals surface area contributed by atoms with E-state index in [2.05, 4.69) is 25.3 Å². The fourth-order valence-electron chi connectivity index (χ4n) is 3.82. The zero-order valence-electron chi connectivity index (χ0n) is 11.2. The van der Waals surface area contributed by atoms with Crippen molar-refractivity contribution < 1.29 is 4.79 Å². The molecule has 0 radical (unpaired) electrons. The first-order valence-electron chi connectivity index (χ1n) is 7.03. The Morgan fingerprint density at radius 1 is 1.41 bits per heavy atom. The molecule has 0 aromatic rings. The molecule has 1 saturated carbocycles. The summed E-state index contributed by atoms with van der Waals surface area (Å²) in [6.07, 6.45) is 8.91. The topological polar surface area (TPSA) is 20.3 Å². The van der Waals surface area contributed by atoms with Crippen LogP contribution in [0.3, 0.4) is 0 Å². The summed E-state index contributed by atoms with van der Waals surface area (Å²) in [5.41, 5.74) is 0.179. The second-order valence-corrected chi connectivity index (χ2v) is 6.12. The smallest absolute Gasteiger partial charge is 0.246 e. The third-order valence-electron chi connectivity index (χ3n) is 4.84. The average molecular weight is 235 g/mol. The van der Waals surface area contributed by atoms with Gasteiger partial charge in [0.15, 0.2) is 0 Å². The number of rotatable bonds is 2. The van der Waals surface area contributed by atoms with Crippen molar-refractivity contribution in [3.05, 3.63) is 12.7 Å². The summed E-state index contributed by atoms with van der Waals surface area (Å²) in [5, 5.41) is 0.